The second-order valence-electron chi connectivity index (χ2n) is 6.71. The van der Waals surface area contributed by atoms with Crippen molar-refractivity contribution in [3.8, 4) is 5.69 Å². The van der Waals surface area contributed by atoms with Crippen molar-refractivity contribution in [3.63, 3.8) is 0 Å². The highest BCUT2D eigenvalue weighted by molar-refractivity contribution is 8.00. The molecule has 0 saturated carbocycles. The fraction of sp³-hybridized carbons (Fsp3) is 0.200. The summed E-state index contributed by atoms with van der Waals surface area (Å²) in [5.41, 5.74) is -1.24. The fourth-order valence-electron chi connectivity index (χ4n) is 2.99. The van der Waals surface area contributed by atoms with E-state index in [4.69, 9.17) is 0 Å². The number of aromatic nitrogens is 2. The van der Waals surface area contributed by atoms with Crippen molar-refractivity contribution < 1.29 is 22.9 Å². The number of nitro benzene ring substituents is 1. The van der Waals surface area contributed by atoms with Gasteiger partial charge in [-0.05, 0) is 31.2 Å². The molecule has 168 valence electrons. The largest absolute Gasteiger partial charge is 0.416 e. The minimum Gasteiger partial charge on any atom is -0.319 e. The number of nitrogens with zero attached hydrogens (tertiary/aromatic N) is 3. The van der Waals surface area contributed by atoms with E-state index in [-0.39, 0.29) is 16.3 Å². The molecule has 1 amide bonds. The first-order valence-corrected chi connectivity index (χ1v) is 10.1. The van der Waals surface area contributed by atoms with E-state index in [1.807, 2.05) is 0 Å². The molecule has 12 heteroatoms. The summed E-state index contributed by atoms with van der Waals surface area (Å²) in [4.78, 5) is 35.4. The van der Waals surface area contributed by atoms with Gasteiger partial charge in [0.15, 0.2) is 0 Å². The summed E-state index contributed by atoms with van der Waals surface area (Å²) < 4.78 is 41.4. The van der Waals surface area contributed by atoms with Gasteiger partial charge in [-0.3, -0.25) is 24.4 Å². The average molecular weight is 466 g/mol. The Hall–Kier alpha value is -3.54. The first-order chi connectivity index (χ1) is 15.0. The number of para-hydroxylation sites is 1. The van der Waals surface area contributed by atoms with Gasteiger partial charge in [-0.15, -0.1) is 11.8 Å². The molecule has 0 atom stereocenters. The van der Waals surface area contributed by atoms with Crippen LogP contribution in [0, 0.1) is 17.0 Å². The summed E-state index contributed by atoms with van der Waals surface area (Å²) in [6, 6.07) is 10.9. The minimum absolute atomic E-state index is 0.0453. The highest BCUT2D eigenvalue weighted by Crippen LogP contribution is 2.36. The zero-order valence-electron chi connectivity index (χ0n) is 16.8. The molecule has 2 aromatic carbocycles. The molecular formula is C20H17F3N4O4S. The number of carbonyl (C=O) groups is 1. The van der Waals surface area contributed by atoms with Gasteiger partial charge in [0.1, 0.15) is 5.69 Å². The van der Waals surface area contributed by atoms with E-state index >= 15 is 0 Å². The molecular weight excluding hydrogens is 449 g/mol. The van der Waals surface area contributed by atoms with E-state index < -0.39 is 33.8 Å². The molecule has 8 nitrogen and oxygen atoms in total. The molecule has 1 heterocycles. The number of thioether (sulfide) groups is 1. The quantitative estimate of drug-likeness (QED) is 0.334. The Morgan fingerprint density at radius 3 is 2.44 bits per heavy atom. The summed E-state index contributed by atoms with van der Waals surface area (Å²) >= 11 is 0.704. The number of carbonyl (C=O) groups excluding carboxylic acids is 1. The van der Waals surface area contributed by atoms with Crippen molar-refractivity contribution >= 4 is 29.0 Å². The zero-order chi connectivity index (χ0) is 23.6. The molecule has 0 bridgehead atoms. The molecule has 0 aliphatic carbocycles. The smallest absolute Gasteiger partial charge is 0.319 e. The van der Waals surface area contributed by atoms with Crippen LogP contribution in [0.25, 0.3) is 5.69 Å². The van der Waals surface area contributed by atoms with E-state index in [1.165, 1.54) is 4.68 Å². The summed E-state index contributed by atoms with van der Waals surface area (Å²) in [5, 5.41) is 13.7. The lowest BCUT2D eigenvalue weighted by atomic mass is 10.2. The second kappa shape index (κ2) is 8.91. The third kappa shape index (κ3) is 4.69. The molecule has 32 heavy (non-hydrogen) atoms. The van der Waals surface area contributed by atoms with Crippen LogP contribution < -0.4 is 10.9 Å². The molecule has 0 aliphatic rings. The predicted octanol–water partition coefficient (Wildman–Crippen LogP) is 4.14. The molecule has 0 aliphatic heterocycles. The van der Waals surface area contributed by atoms with Crippen LogP contribution in [0.2, 0.25) is 0 Å². The van der Waals surface area contributed by atoms with Crippen molar-refractivity contribution in [2.75, 3.05) is 11.1 Å². The van der Waals surface area contributed by atoms with Crippen molar-refractivity contribution in [2.45, 2.75) is 18.0 Å². The third-order valence-electron chi connectivity index (χ3n) is 4.66. The van der Waals surface area contributed by atoms with E-state index in [1.54, 1.807) is 49.0 Å². The van der Waals surface area contributed by atoms with Gasteiger partial charge in [-0.2, -0.15) is 13.2 Å². The molecule has 0 saturated heterocycles. The van der Waals surface area contributed by atoms with Crippen molar-refractivity contribution in [1.29, 1.82) is 0 Å². The topological polar surface area (TPSA) is 99.2 Å². The lowest BCUT2D eigenvalue weighted by Gasteiger charge is -2.09. The maximum Gasteiger partial charge on any atom is 0.416 e. The lowest BCUT2D eigenvalue weighted by Crippen LogP contribution is -2.23. The minimum atomic E-state index is -4.73. The van der Waals surface area contributed by atoms with Crippen LogP contribution in [-0.4, -0.2) is 25.9 Å². The van der Waals surface area contributed by atoms with Crippen LogP contribution in [0.3, 0.4) is 0 Å². The SMILES string of the molecule is Cc1c(NC(=O)CSc2ccc(C(F)(F)F)cc2[N+](=O)[O-])c(=O)n(-c2ccccc2)n1C. The summed E-state index contributed by atoms with van der Waals surface area (Å²) in [6.45, 7) is 1.64. The highest BCUT2D eigenvalue weighted by Gasteiger charge is 2.33. The number of hydrogen-bond acceptors (Lipinski definition) is 5. The second-order valence-corrected chi connectivity index (χ2v) is 7.73. The number of halogens is 3. The van der Waals surface area contributed by atoms with Gasteiger partial charge >= 0.3 is 6.18 Å². The Morgan fingerprint density at radius 1 is 1.19 bits per heavy atom. The van der Waals surface area contributed by atoms with Crippen molar-refractivity contribution in [2.24, 2.45) is 7.05 Å². The van der Waals surface area contributed by atoms with Crippen LogP contribution in [0.4, 0.5) is 24.5 Å². The maximum atomic E-state index is 12.8. The maximum absolute atomic E-state index is 12.8. The number of hydrogen-bond donors (Lipinski definition) is 1. The van der Waals surface area contributed by atoms with E-state index in [0.717, 1.165) is 6.07 Å². The van der Waals surface area contributed by atoms with Gasteiger partial charge in [0.2, 0.25) is 5.91 Å². The normalized spacial score (nSPS) is 11.4. The summed E-state index contributed by atoms with van der Waals surface area (Å²) in [6.07, 6.45) is -4.73. The Balaban J connectivity index is 1.79. The Bertz CT molecular complexity index is 1240. The van der Waals surface area contributed by atoms with Gasteiger partial charge in [0, 0.05) is 13.1 Å². The average Bonchev–Trinajstić information content (AvgIpc) is 2.95. The van der Waals surface area contributed by atoms with Crippen LogP contribution in [0.15, 0.2) is 58.2 Å². The van der Waals surface area contributed by atoms with Gasteiger partial charge in [0.05, 0.1) is 32.5 Å². The molecule has 0 unspecified atom stereocenters. The zero-order valence-corrected chi connectivity index (χ0v) is 17.7. The number of anilines is 1. The molecule has 1 N–H and O–H groups in total. The van der Waals surface area contributed by atoms with Crippen molar-refractivity contribution in [3.05, 3.63) is 80.3 Å². The van der Waals surface area contributed by atoms with Gasteiger partial charge in [-0.25, -0.2) is 4.68 Å². The molecule has 0 fully saturated rings. The summed E-state index contributed by atoms with van der Waals surface area (Å²) in [5.74, 6) is -0.971. The first-order valence-electron chi connectivity index (χ1n) is 9.13. The Kier molecular flexibility index (Phi) is 6.44. The first kappa shape index (κ1) is 23.1. The highest BCUT2D eigenvalue weighted by atomic mass is 32.2. The number of benzene rings is 2. The van der Waals surface area contributed by atoms with Crippen LogP contribution in [0.5, 0.6) is 0 Å². The number of amides is 1. The predicted molar refractivity (Wildman–Crippen MR) is 113 cm³/mol. The Labute approximate surface area is 183 Å². The van der Waals surface area contributed by atoms with Crippen LogP contribution in [0.1, 0.15) is 11.3 Å². The number of alkyl halides is 3. The van der Waals surface area contributed by atoms with Crippen molar-refractivity contribution in [1.82, 2.24) is 9.36 Å². The standard InChI is InChI=1S/C20H17F3N4O4S/c1-12-18(19(29)26(25(12)2)14-6-4-3-5-7-14)24-17(28)11-32-16-9-8-13(20(21,22)23)10-15(16)27(30)31/h3-10H,11H2,1-2H3,(H,24,28). The molecule has 3 aromatic rings. The Morgan fingerprint density at radius 2 is 1.84 bits per heavy atom. The van der Waals surface area contributed by atoms with Gasteiger partial charge in [-0.1, -0.05) is 18.2 Å². The third-order valence-corrected chi connectivity index (χ3v) is 5.72. The van der Waals surface area contributed by atoms with E-state index in [2.05, 4.69) is 5.32 Å². The fourth-order valence-corrected chi connectivity index (χ4v) is 3.79. The number of nitro groups is 1. The number of rotatable bonds is 6. The molecule has 1 aromatic heterocycles. The van der Waals surface area contributed by atoms with Gasteiger partial charge in [0.25, 0.3) is 11.2 Å². The van der Waals surface area contributed by atoms with Crippen LogP contribution in [-0.2, 0) is 18.0 Å². The monoisotopic (exact) mass is 466 g/mol. The number of nitrogens with one attached hydrogen (secondary N) is 1. The lowest BCUT2D eigenvalue weighted by molar-refractivity contribution is -0.388. The summed E-state index contributed by atoms with van der Waals surface area (Å²) in [7, 11) is 1.65. The van der Waals surface area contributed by atoms with E-state index in [9.17, 15) is 32.9 Å². The van der Waals surface area contributed by atoms with Gasteiger partial charge < -0.3 is 5.32 Å². The molecule has 0 spiro atoms. The van der Waals surface area contributed by atoms with E-state index in [0.29, 0.717) is 35.3 Å². The molecule has 0 radical (unpaired) electrons. The molecule has 3 rings (SSSR count). The van der Waals surface area contributed by atoms with Crippen LogP contribution >= 0.6 is 11.8 Å².